The lowest BCUT2D eigenvalue weighted by Gasteiger charge is -2.11. The fourth-order valence-corrected chi connectivity index (χ4v) is 1.01. The molecule has 0 heterocycles. The van der Waals surface area contributed by atoms with Crippen LogP contribution in [0, 0.1) is 0 Å². The Morgan fingerprint density at radius 2 is 2.11 bits per heavy atom. The van der Waals surface area contributed by atoms with Crippen LogP contribution in [0.1, 0.15) is 26.7 Å². The first-order chi connectivity index (χ1) is 4.35. The average molecular weight is 151 g/mol. The van der Waals surface area contributed by atoms with Crippen LogP contribution in [0.25, 0.3) is 0 Å². The molecule has 0 N–H and O–H groups in total. The summed E-state index contributed by atoms with van der Waals surface area (Å²) in [6.07, 6.45) is 2.51. The summed E-state index contributed by atoms with van der Waals surface area (Å²) < 4.78 is 5.30. The number of halogens is 1. The highest BCUT2D eigenvalue weighted by molar-refractivity contribution is 6.18. The van der Waals surface area contributed by atoms with Crippen LogP contribution in [0.4, 0.5) is 0 Å². The van der Waals surface area contributed by atoms with Gasteiger partial charge in [0.05, 0.1) is 6.10 Å². The molecule has 0 rings (SSSR count). The Labute approximate surface area is 62.3 Å². The number of alkyl halides is 1. The van der Waals surface area contributed by atoms with E-state index in [4.69, 9.17) is 16.3 Å². The third kappa shape index (κ3) is 4.73. The topological polar surface area (TPSA) is 9.23 Å². The molecule has 0 fully saturated rings. The number of hydrogen-bond acceptors (Lipinski definition) is 1. The maximum absolute atomic E-state index is 5.60. The molecule has 0 radical (unpaired) electrons. The highest BCUT2D eigenvalue weighted by Crippen LogP contribution is 2.03. The second-order valence-electron chi connectivity index (χ2n) is 2.02. The van der Waals surface area contributed by atoms with E-state index in [1.165, 1.54) is 0 Å². The Balaban J connectivity index is 3.18. The lowest BCUT2D eigenvalue weighted by Crippen LogP contribution is -2.13. The summed E-state index contributed by atoms with van der Waals surface area (Å²) in [6, 6.07) is 0. The smallest absolute Gasteiger partial charge is 0.0710 e. The first-order valence-corrected chi connectivity index (χ1v) is 4.06. The van der Waals surface area contributed by atoms with Crippen LogP contribution in [0.15, 0.2) is 0 Å². The van der Waals surface area contributed by atoms with E-state index >= 15 is 0 Å². The van der Waals surface area contributed by atoms with Crippen molar-refractivity contribution in [1.82, 2.24) is 0 Å². The molecule has 0 aliphatic rings. The Morgan fingerprint density at radius 1 is 1.44 bits per heavy atom. The van der Waals surface area contributed by atoms with Crippen LogP contribution in [0.3, 0.4) is 0 Å². The van der Waals surface area contributed by atoms with Crippen LogP contribution in [-0.2, 0) is 4.74 Å². The molecule has 0 bridgehead atoms. The molecule has 0 aromatic rings. The second-order valence-corrected chi connectivity index (χ2v) is 2.33. The molecule has 0 aliphatic carbocycles. The van der Waals surface area contributed by atoms with Crippen molar-refractivity contribution in [3.05, 3.63) is 0 Å². The lowest BCUT2D eigenvalue weighted by atomic mass is 10.2. The predicted molar refractivity (Wildman–Crippen MR) is 41.0 cm³/mol. The van der Waals surface area contributed by atoms with Crippen LogP contribution in [-0.4, -0.2) is 18.6 Å². The van der Waals surface area contributed by atoms with Gasteiger partial charge in [-0.15, -0.1) is 11.6 Å². The van der Waals surface area contributed by atoms with Crippen LogP contribution in [0.2, 0.25) is 0 Å². The first kappa shape index (κ1) is 9.25. The van der Waals surface area contributed by atoms with Gasteiger partial charge >= 0.3 is 0 Å². The third-order valence-electron chi connectivity index (χ3n) is 1.19. The first-order valence-electron chi connectivity index (χ1n) is 3.52. The molecule has 1 unspecified atom stereocenters. The third-order valence-corrected chi connectivity index (χ3v) is 1.53. The van der Waals surface area contributed by atoms with Crippen LogP contribution >= 0.6 is 11.6 Å². The van der Waals surface area contributed by atoms with E-state index in [0.29, 0.717) is 5.88 Å². The van der Waals surface area contributed by atoms with Gasteiger partial charge in [-0.05, 0) is 13.3 Å². The van der Waals surface area contributed by atoms with E-state index in [1.807, 2.05) is 6.92 Å². The summed E-state index contributed by atoms with van der Waals surface area (Å²) in [6.45, 7) is 4.91. The van der Waals surface area contributed by atoms with Crippen molar-refractivity contribution in [3.8, 4) is 0 Å². The van der Waals surface area contributed by atoms with Crippen molar-refractivity contribution >= 4 is 11.6 Å². The summed E-state index contributed by atoms with van der Waals surface area (Å²) >= 11 is 5.60. The van der Waals surface area contributed by atoms with E-state index in [2.05, 4.69) is 6.92 Å². The van der Waals surface area contributed by atoms with Crippen LogP contribution in [0.5, 0.6) is 0 Å². The van der Waals surface area contributed by atoms with Crippen molar-refractivity contribution in [1.29, 1.82) is 0 Å². The molecule has 2 heteroatoms. The number of rotatable bonds is 5. The van der Waals surface area contributed by atoms with Gasteiger partial charge in [0, 0.05) is 12.5 Å². The van der Waals surface area contributed by atoms with E-state index < -0.39 is 0 Å². The Bertz CT molecular complexity index is 50.9. The zero-order chi connectivity index (χ0) is 7.11. The second kappa shape index (κ2) is 6.37. The average Bonchev–Trinajstić information content (AvgIpc) is 1.88. The van der Waals surface area contributed by atoms with Gasteiger partial charge in [0.15, 0.2) is 0 Å². The van der Waals surface area contributed by atoms with E-state index in [-0.39, 0.29) is 6.10 Å². The SMILES string of the molecule is CCCC(CCl)OCC. The molecular formula is C7H15ClO. The van der Waals surface area contributed by atoms with E-state index in [9.17, 15) is 0 Å². The fourth-order valence-electron chi connectivity index (χ4n) is 0.763. The Morgan fingerprint density at radius 3 is 2.44 bits per heavy atom. The van der Waals surface area contributed by atoms with Gasteiger partial charge in [0.25, 0.3) is 0 Å². The quantitative estimate of drug-likeness (QED) is 0.547. The summed E-state index contributed by atoms with van der Waals surface area (Å²) in [5.74, 6) is 0.627. The zero-order valence-corrected chi connectivity index (χ0v) is 6.95. The zero-order valence-electron chi connectivity index (χ0n) is 6.19. The van der Waals surface area contributed by atoms with Crippen molar-refractivity contribution in [3.63, 3.8) is 0 Å². The molecule has 0 aromatic carbocycles. The molecule has 0 amide bonds. The molecular weight excluding hydrogens is 136 g/mol. The molecule has 0 aromatic heterocycles. The number of ether oxygens (including phenoxy) is 1. The number of hydrogen-bond donors (Lipinski definition) is 0. The highest BCUT2D eigenvalue weighted by Gasteiger charge is 2.02. The standard InChI is InChI=1S/C7H15ClO/c1-3-5-7(6-8)9-4-2/h7H,3-6H2,1-2H3. The van der Waals surface area contributed by atoms with Crippen molar-refractivity contribution < 1.29 is 4.74 Å². The highest BCUT2D eigenvalue weighted by atomic mass is 35.5. The van der Waals surface area contributed by atoms with Gasteiger partial charge < -0.3 is 4.74 Å². The molecule has 1 nitrogen and oxygen atoms in total. The Kier molecular flexibility index (Phi) is 6.55. The molecule has 9 heavy (non-hydrogen) atoms. The van der Waals surface area contributed by atoms with Crippen LogP contribution < -0.4 is 0 Å². The van der Waals surface area contributed by atoms with Crippen molar-refractivity contribution in [2.75, 3.05) is 12.5 Å². The molecule has 1 atom stereocenters. The fraction of sp³-hybridized carbons (Fsp3) is 1.00. The van der Waals surface area contributed by atoms with E-state index in [1.54, 1.807) is 0 Å². The summed E-state index contributed by atoms with van der Waals surface area (Å²) in [5.41, 5.74) is 0. The lowest BCUT2D eigenvalue weighted by molar-refractivity contribution is 0.0722. The van der Waals surface area contributed by atoms with Gasteiger partial charge in [-0.2, -0.15) is 0 Å². The molecule has 0 aliphatic heterocycles. The molecule has 0 spiro atoms. The summed E-state index contributed by atoms with van der Waals surface area (Å²) in [7, 11) is 0. The molecule has 0 saturated carbocycles. The summed E-state index contributed by atoms with van der Waals surface area (Å²) in [5, 5.41) is 0. The maximum atomic E-state index is 5.60. The minimum absolute atomic E-state index is 0.279. The van der Waals surface area contributed by atoms with E-state index in [0.717, 1.165) is 19.4 Å². The largest absolute Gasteiger partial charge is 0.377 e. The Hall–Kier alpha value is 0.250. The summed E-state index contributed by atoms with van der Waals surface area (Å²) in [4.78, 5) is 0. The normalized spacial score (nSPS) is 13.7. The molecule has 56 valence electrons. The monoisotopic (exact) mass is 150 g/mol. The van der Waals surface area contributed by atoms with Gasteiger partial charge in [-0.1, -0.05) is 13.3 Å². The maximum Gasteiger partial charge on any atom is 0.0710 e. The van der Waals surface area contributed by atoms with Gasteiger partial charge in [0.2, 0.25) is 0 Å². The van der Waals surface area contributed by atoms with Gasteiger partial charge in [0.1, 0.15) is 0 Å². The minimum atomic E-state index is 0.279. The van der Waals surface area contributed by atoms with Gasteiger partial charge in [-0.25, -0.2) is 0 Å². The van der Waals surface area contributed by atoms with Gasteiger partial charge in [-0.3, -0.25) is 0 Å². The predicted octanol–water partition coefficient (Wildman–Crippen LogP) is 2.43. The minimum Gasteiger partial charge on any atom is -0.377 e. The molecule has 0 saturated heterocycles. The van der Waals surface area contributed by atoms with Crippen molar-refractivity contribution in [2.45, 2.75) is 32.8 Å². The van der Waals surface area contributed by atoms with Crippen molar-refractivity contribution in [2.24, 2.45) is 0 Å².